The van der Waals surface area contributed by atoms with Crippen molar-refractivity contribution in [2.24, 2.45) is 0 Å². The zero-order chi connectivity index (χ0) is 25.9. The third-order valence-electron chi connectivity index (χ3n) is 6.16. The summed E-state index contributed by atoms with van der Waals surface area (Å²) in [7, 11) is 1.58. The number of nitrogen functional groups attached to an aromatic ring is 1. The fourth-order valence-electron chi connectivity index (χ4n) is 4.18. The molecule has 0 spiro atoms. The Bertz CT molecular complexity index is 1570. The molecule has 5 aromatic rings. The van der Waals surface area contributed by atoms with Crippen molar-refractivity contribution in [2.45, 2.75) is 33.5 Å². The third-order valence-corrected chi connectivity index (χ3v) is 6.16. The smallest absolute Gasteiger partial charge is 0.291 e. The van der Waals surface area contributed by atoms with Crippen LogP contribution in [0.15, 0.2) is 61.1 Å². The number of fused-ring (bicyclic) bond motifs is 1. The van der Waals surface area contributed by atoms with Crippen LogP contribution in [0.4, 0.5) is 5.82 Å². The second kappa shape index (κ2) is 10.1. The van der Waals surface area contributed by atoms with Crippen LogP contribution in [0.5, 0.6) is 5.75 Å². The number of carbonyl (C=O) groups excluding carboxylic acids is 1. The van der Waals surface area contributed by atoms with Gasteiger partial charge in [0.2, 0.25) is 5.82 Å². The first kappa shape index (κ1) is 24.0. The van der Waals surface area contributed by atoms with Gasteiger partial charge in [-0.2, -0.15) is 5.10 Å². The van der Waals surface area contributed by atoms with E-state index in [1.807, 2.05) is 49.1 Å². The number of ether oxygens (including phenoxy) is 1. The van der Waals surface area contributed by atoms with E-state index in [9.17, 15) is 4.79 Å². The van der Waals surface area contributed by atoms with Crippen LogP contribution in [0, 0.1) is 13.8 Å². The number of nitrogens with two attached hydrogens (primary N) is 1. The van der Waals surface area contributed by atoms with Gasteiger partial charge in [0.1, 0.15) is 17.4 Å². The van der Waals surface area contributed by atoms with Crippen molar-refractivity contribution in [3.8, 4) is 5.75 Å². The summed E-state index contributed by atoms with van der Waals surface area (Å²) in [4.78, 5) is 21.3. The van der Waals surface area contributed by atoms with Crippen LogP contribution >= 0.6 is 0 Å². The number of anilines is 1. The van der Waals surface area contributed by atoms with Crippen molar-refractivity contribution >= 4 is 22.5 Å². The maximum absolute atomic E-state index is 12.8. The van der Waals surface area contributed by atoms with Gasteiger partial charge in [-0.05, 0) is 54.1 Å². The molecule has 2 aromatic carbocycles. The largest absolute Gasteiger partial charge is 0.496 e. The Morgan fingerprint density at radius 2 is 1.84 bits per heavy atom. The van der Waals surface area contributed by atoms with Gasteiger partial charge in [-0.3, -0.25) is 9.48 Å². The Morgan fingerprint density at radius 3 is 2.54 bits per heavy atom. The first-order chi connectivity index (χ1) is 17.9. The van der Waals surface area contributed by atoms with Crippen LogP contribution < -0.4 is 15.8 Å². The fourth-order valence-corrected chi connectivity index (χ4v) is 4.18. The van der Waals surface area contributed by atoms with Crippen molar-refractivity contribution in [1.82, 2.24) is 34.8 Å². The highest BCUT2D eigenvalue weighted by molar-refractivity contribution is 5.93. The van der Waals surface area contributed by atoms with E-state index in [0.29, 0.717) is 30.5 Å². The Labute approximate surface area is 214 Å². The molecule has 1 amide bonds. The zero-order valence-electron chi connectivity index (χ0n) is 21.0. The quantitative estimate of drug-likeness (QED) is 0.338. The summed E-state index contributed by atoms with van der Waals surface area (Å²) >= 11 is 0. The van der Waals surface area contributed by atoms with Gasteiger partial charge < -0.3 is 15.8 Å². The molecular formula is C27H28N8O2. The average molecular weight is 497 g/mol. The van der Waals surface area contributed by atoms with Crippen LogP contribution in [0.2, 0.25) is 0 Å². The number of hydrogen-bond donors (Lipinski definition) is 2. The summed E-state index contributed by atoms with van der Waals surface area (Å²) in [5.41, 5.74) is 10.2. The Kier molecular flexibility index (Phi) is 6.55. The highest BCUT2D eigenvalue weighted by atomic mass is 16.5. The molecule has 0 aliphatic carbocycles. The van der Waals surface area contributed by atoms with E-state index in [1.165, 1.54) is 0 Å². The van der Waals surface area contributed by atoms with Gasteiger partial charge in [0.25, 0.3) is 5.91 Å². The first-order valence-electron chi connectivity index (χ1n) is 11.9. The number of nitrogens with zero attached hydrogens (tertiary/aromatic N) is 6. The molecule has 3 N–H and O–H groups in total. The lowest BCUT2D eigenvalue weighted by Gasteiger charge is -2.11. The van der Waals surface area contributed by atoms with Crippen LogP contribution in [-0.4, -0.2) is 42.5 Å². The molecular weight excluding hydrogens is 468 g/mol. The SMILES string of the molecule is COc1cc2c(N)nccc2cc1CNC(=O)c1nc(C)n(Cc2ccc(Cn3cc(C)cn3)cc2)n1. The minimum Gasteiger partial charge on any atom is -0.496 e. The van der Waals surface area contributed by atoms with E-state index in [1.54, 1.807) is 18.0 Å². The number of rotatable bonds is 8. The van der Waals surface area contributed by atoms with E-state index < -0.39 is 0 Å². The van der Waals surface area contributed by atoms with Crippen molar-refractivity contribution < 1.29 is 9.53 Å². The molecule has 0 unspecified atom stereocenters. The highest BCUT2D eigenvalue weighted by Crippen LogP contribution is 2.28. The fraction of sp³-hybridized carbons (Fsp3) is 0.222. The van der Waals surface area contributed by atoms with Gasteiger partial charge in [0.05, 0.1) is 26.4 Å². The molecule has 3 heterocycles. The summed E-state index contributed by atoms with van der Waals surface area (Å²) in [6, 6.07) is 13.9. The van der Waals surface area contributed by atoms with Gasteiger partial charge in [0, 0.05) is 29.9 Å². The number of benzene rings is 2. The summed E-state index contributed by atoms with van der Waals surface area (Å²) in [5.74, 6) is 1.47. The van der Waals surface area contributed by atoms with E-state index in [2.05, 4.69) is 49.7 Å². The summed E-state index contributed by atoms with van der Waals surface area (Å²) in [5, 5.41) is 13.4. The predicted octanol–water partition coefficient (Wildman–Crippen LogP) is 3.26. The van der Waals surface area contributed by atoms with E-state index in [0.717, 1.165) is 33.0 Å². The van der Waals surface area contributed by atoms with Crippen LogP contribution in [0.25, 0.3) is 10.8 Å². The second-order valence-corrected chi connectivity index (χ2v) is 8.94. The monoisotopic (exact) mass is 496 g/mol. The van der Waals surface area contributed by atoms with E-state index in [-0.39, 0.29) is 18.3 Å². The van der Waals surface area contributed by atoms with Gasteiger partial charge in [0.15, 0.2) is 0 Å². The summed E-state index contributed by atoms with van der Waals surface area (Å²) in [6.07, 6.45) is 5.52. The molecule has 0 radical (unpaired) electrons. The van der Waals surface area contributed by atoms with Crippen LogP contribution in [0.3, 0.4) is 0 Å². The third kappa shape index (κ3) is 5.27. The van der Waals surface area contributed by atoms with Crippen molar-refractivity contribution in [3.63, 3.8) is 0 Å². The molecule has 3 aromatic heterocycles. The van der Waals surface area contributed by atoms with Crippen LogP contribution in [-0.2, 0) is 19.6 Å². The number of pyridine rings is 1. The number of amides is 1. The topological polar surface area (TPSA) is 126 Å². The molecule has 188 valence electrons. The Morgan fingerprint density at radius 1 is 1.08 bits per heavy atom. The molecule has 10 heteroatoms. The molecule has 0 aliphatic rings. The zero-order valence-corrected chi connectivity index (χ0v) is 21.0. The number of aromatic nitrogens is 6. The van der Waals surface area contributed by atoms with Crippen LogP contribution in [0.1, 0.15) is 38.7 Å². The molecule has 5 rings (SSSR count). The molecule has 0 atom stereocenters. The second-order valence-electron chi connectivity index (χ2n) is 8.94. The minimum atomic E-state index is -0.358. The number of methoxy groups -OCH3 is 1. The Balaban J connectivity index is 1.24. The standard InChI is InChI=1S/C27H28N8O2/c1-17-12-31-34(14-17)15-19-4-6-20(7-5-19)16-35-18(2)32-26(33-35)27(36)30-13-22-10-21-8-9-29-25(28)23(21)11-24(22)37-3/h4-12,14H,13,15-16H2,1-3H3,(H2,28,29)(H,30,36). The van der Waals surface area contributed by atoms with Crippen molar-refractivity contribution in [1.29, 1.82) is 0 Å². The average Bonchev–Trinajstić information content (AvgIpc) is 3.48. The van der Waals surface area contributed by atoms with Crippen molar-refractivity contribution in [3.05, 3.63) is 95.0 Å². The maximum atomic E-state index is 12.8. The van der Waals surface area contributed by atoms with Crippen molar-refractivity contribution in [2.75, 3.05) is 12.8 Å². The van der Waals surface area contributed by atoms with Gasteiger partial charge >= 0.3 is 0 Å². The Hall–Kier alpha value is -4.73. The molecule has 10 nitrogen and oxygen atoms in total. The summed E-state index contributed by atoms with van der Waals surface area (Å²) in [6.45, 7) is 5.35. The molecule has 0 saturated heterocycles. The van der Waals surface area contributed by atoms with E-state index >= 15 is 0 Å². The number of aryl methyl sites for hydroxylation is 2. The number of nitrogens with one attached hydrogen (secondary N) is 1. The normalized spacial score (nSPS) is 11.1. The molecule has 37 heavy (non-hydrogen) atoms. The van der Waals surface area contributed by atoms with Gasteiger partial charge in [-0.25, -0.2) is 14.6 Å². The lowest BCUT2D eigenvalue weighted by Crippen LogP contribution is -2.24. The summed E-state index contributed by atoms with van der Waals surface area (Å²) < 4.78 is 9.15. The molecule has 0 aliphatic heterocycles. The van der Waals surface area contributed by atoms with E-state index in [4.69, 9.17) is 10.5 Å². The lowest BCUT2D eigenvalue weighted by atomic mass is 10.1. The predicted molar refractivity (Wildman–Crippen MR) is 140 cm³/mol. The number of carbonyl (C=O) groups is 1. The first-order valence-corrected chi connectivity index (χ1v) is 11.9. The highest BCUT2D eigenvalue weighted by Gasteiger charge is 2.16. The van der Waals surface area contributed by atoms with Gasteiger partial charge in [-0.15, -0.1) is 5.10 Å². The molecule has 0 saturated carbocycles. The molecule has 0 bridgehead atoms. The number of hydrogen-bond acceptors (Lipinski definition) is 7. The maximum Gasteiger partial charge on any atom is 0.291 e. The minimum absolute atomic E-state index is 0.122. The lowest BCUT2D eigenvalue weighted by molar-refractivity contribution is 0.0940. The molecule has 0 fully saturated rings. The van der Waals surface area contributed by atoms with Gasteiger partial charge in [-0.1, -0.05) is 24.3 Å².